The van der Waals surface area contributed by atoms with Crippen LogP contribution in [0.3, 0.4) is 0 Å². The van der Waals surface area contributed by atoms with Crippen LogP contribution in [0.4, 0.5) is 4.79 Å². The molecule has 1 N–H and O–H groups in total. The maximum atomic E-state index is 12.8. The Hall–Kier alpha value is -2.54. The standard InChI is InChI=1S/C21H26ClNO6/c1-7-11(2)18(23-20(26)29-21(4,5)6)19(25)28-16-10-15-13(9-14(16)22)12(3)8-17(24)27-15/h8-11,18H,7H2,1-6H3,(H,23,26)/t11-,18-/m0/s1. The molecule has 0 fully saturated rings. The molecule has 158 valence electrons. The molecule has 1 amide bonds. The predicted molar refractivity (Wildman–Crippen MR) is 110 cm³/mol. The molecular weight excluding hydrogens is 398 g/mol. The first-order chi connectivity index (χ1) is 13.4. The van der Waals surface area contributed by atoms with Gasteiger partial charge in [-0.05, 0) is 45.2 Å². The molecule has 0 bridgehead atoms. The minimum Gasteiger partial charge on any atom is -0.444 e. The molecule has 1 heterocycles. The van der Waals surface area contributed by atoms with Crippen LogP contribution in [-0.2, 0) is 9.53 Å². The highest BCUT2D eigenvalue weighted by molar-refractivity contribution is 6.33. The summed E-state index contributed by atoms with van der Waals surface area (Å²) in [5.74, 6) is -0.868. The minimum absolute atomic E-state index is 0.0391. The summed E-state index contributed by atoms with van der Waals surface area (Å²) in [5, 5.41) is 3.39. The van der Waals surface area contributed by atoms with Gasteiger partial charge in [-0.15, -0.1) is 0 Å². The van der Waals surface area contributed by atoms with Crippen molar-refractivity contribution in [2.24, 2.45) is 5.92 Å². The third-order valence-corrected chi connectivity index (χ3v) is 4.65. The lowest BCUT2D eigenvalue weighted by Crippen LogP contribution is -2.48. The topological polar surface area (TPSA) is 94.8 Å². The number of fused-ring (bicyclic) bond motifs is 1. The fraction of sp³-hybridized carbons (Fsp3) is 0.476. The van der Waals surface area contributed by atoms with E-state index in [4.69, 9.17) is 25.5 Å². The van der Waals surface area contributed by atoms with Crippen molar-refractivity contribution in [2.75, 3.05) is 0 Å². The molecule has 1 aromatic heterocycles. The Kier molecular flexibility index (Phi) is 6.95. The zero-order valence-electron chi connectivity index (χ0n) is 17.4. The molecule has 1 aromatic carbocycles. The second kappa shape index (κ2) is 8.86. The summed E-state index contributed by atoms with van der Waals surface area (Å²) >= 11 is 6.26. The number of rotatable bonds is 5. The summed E-state index contributed by atoms with van der Waals surface area (Å²) in [4.78, 5) is 36.6. The molecule has 0 saturated heterocycles. The van der Waals surface area contributed by atoms with Gasteiger partial charge in [0.1, 0.15) is 17.2 Å². The Balaban J connectivity index is 2.29. The van der Waals surface area contributed by atoms with Gasteiger partial charge in [0.25, 0.3) is 0 Å². The smallest absolute Gasteiger partial charge is 0.408 e. The first-order valence-corrected chi connectivity index (χ1v) is 9.74. The number of halogens is 1. The second-order valence-electron chi connectivity index (χ2n) is 7.96. The van der Waals surface area contributed by atoms with E-state index in [2.05, 4.69) is 5.32 Å². The van der Waals surface area contributed by atoms with Crippen LogP contribution >= 0.6 is 11.6 Å². The molecule has 8 heteroatoms. The van der Waals surface area contributed by atoms with E-state index in [1.54, 1.807) is 33.8 Å². The van der Waals surface area contributed by atoms with E-state index in [-0.39, 0.29) is 22.3 Å². The van der Waals surface area contributed by atoms with E-state index < -0.39 is 29.3 Å². The van der Waals surface area contributed by atoms with Crippen molar-refractivity contribution in [3.8, 4) is 5.75 Å². The molecule has 7 nitrogen and oxygen atoms in total. The monoisotopic (exact) mass is 423 g/mol. The molecule has 0 aliphatic heterocycles. The molecule has 29 heavy (non-hydrogen) atoms. The van der Waals surface area contributed by atoms with Crippen molar-refractivity contribution in [3.63, 3.8) is 0 Å². The van der Waals surface area contributed by atoms with E-state index >= 15 is 0 Å². The highest BCUT2D eigenvalue weighted by Gasteiger charge is 2.30. The summed E-state index contributed by atoms with van der Waals surface area (Å²) in [6.45, 7) is 10.6. The maximum Gasteiger partial charge on any atom is 0.408 e. The van der Waals surface area contributed by atoms with Crippen LogP contribution < -0.4 is 15.7 Å². The third kappa shape index (κ3) is 5.97. The third-order valence-electron chi connectivity index (χ3n) is 4.35. The fourth-order valence-corrected chi connectivity index (χ4v) is 2.88. The van der Waals surface area contributed by atoms with Gasteiger partial charge in [0.05, 0.1) is 5.02 Å². The minimum atomic E-state index is -0.939. The number of carbonyl (C=O) groups excluding carboxylic acids is 2. The molecular formula is C21H26ClNO6. The zero-order valence-corrected chi connectivity index (χ0v) is 18.2. The molecule has 0 spiro atoms. The predicted octanol–water partition coefficient (Wildman–Crippen LogP) is 4.60. The first kappa shape index (κ1) is 22.7. The van der Waals surface area contributed by atoms with Gasteiger partial charge in [0, 0.05) is 17.5 Å². The summed E-state index contributed by atoms with van der Waals surface area (Å²) in [5.41, 5.74) is -0.272. The lowest BCUT2D eigenvalue weighted by Gasteiger charge is -2.25. The highest BCUT2D eigenvalue weighted by Crippen LogP contribution is 2.31. The van der Waals surface area contributed by atoms with Crippen LogP contribution in [0, 0.1) is 12.8 Å². The number of aryl methyl sites for hydroxylation is 1. The molecule has 2 aromatic rings. The molecule has 0 aliphatic carbocycles. The van der Waals surface area contributed by atoms with Crippen LogP contribution in [0.2, 0.25) is 5.02 Å². The lowest BCUT2D eigenvalue weighted by atomic mass is 9.99. The number of ether oxygens (including phenoxy) is 2. The quantitative estimate of drug-likeness (QED) is 0.429. The number of amides is 1. The Morgan fingerprint density at radius 3 is 2.48 bits per heavy atom. The number of hydrogen-bond acceptors (Lipinski definition) is 6. The van der Waals surface area contributed by atoms with Gasteiger partial charge in [-0.25, -0.2) is 14.4 Å². The van der Waals surface area contributed by atoms with Crippen LogP contribution in [0.5, 0.6) is 5.75 Å². The highest BCUT2D eigenvalue weighted by atomic mass is 35.5. The van der Waals surface area contributed by atoms with E-state index in [0.717, 1.165) is 0 Å². The Labute approximate surface area is 174 Å². The van der Waals surface area contributed by atoms with Crippen LogP contribution in [-0.4, -0.2) is 23.7 Å². The van der Waals surface area contributed by atoms with Gasteiger partial charge < -0.3 is 19.2 Å². The van der Waals surface area contributed by atoms with Gasteiger partial charge >= 0.3 is 17.7 Å². The first-order valence-electron chi connectivity index (χ1n) is 9.36. The van der Waals surface area contributed by atoms with Gasteiger partial charge in [0.15, 0.2) is 5.75 Å². The van der Waals surface area contributed by atoms with Gasteiger partial charge in [-0.3, -0.25) is 0 Å². The second-order valence-corrected chi connectivity index (χ2v) is 8.36. The lowest BCUT2D eigenvalue weighted by molar-refractivity contribution is -0.138. The SMILES string of the molecule is CC[C@H](C)[C@H](NC(=O)OC(C)(C)C)C(=O)Oc1cc2oc(=O)cc(C)c2cc1Cl. The van der Waals surface area contributed by atoms with Gasteiger partial charge in [0.2, 0.25) is 0 Å². The molecule has 0 saturated carbocycles. The van der Waals surface area contributed by atoms with Crippen molar-refractivity contribution < 1.29 is 23.5 Å². The summed E-state index contributed by atoms with van der Waals surface area (Å²) in [6.07, 6.45) is -0.0966. The molecule has 2 atom stereocenters. The molecule has 2 rings (SSSR count). The summed E-state index contributed by atoms with van der Waals surface area (Å²) in [7, 11) is 0. The summed E-state index contributed by atoms with van der Waals surface area (Å²) < 4.78 is 15.9. The van der Waals surface area contributed by atoms with Crippen molar-refractivity contribution in [2.45, 2.75) is 59.6 Å². The average Bonchev–Trinajstić information content (AvgIpc) is 2.58. The van der Waals surface area contributed by atoms with Crippen LogP contribution in [0.25, 0.3) is 11.0 Å². The number of nitrogens with one attached hydrogen (secondary N) is 1. The van der Waals surface area contributed by atoms with Crippen molar-refractivity contribution in [3.05, 3.63) is 39.2 Å². The number of hydrogen-bond donors (Lipinski definition) is 1. The molecule has 0 aliphatic rings. The summed E-state index contributed by atoms with van der Waals surface area (Å²) in [6, 6.07) is 3.38. The molecule has 0 radical (unpaired) electrons. The number of esters is 1. The average molecular weight is 424 g/mol. The number of benzene rings is 1. The van der Waals surface area contributed by atoms with Crippen molar-refractivity contribution in [1.29, 1.82) is 0 Å². The van der Waals surface area contributed by atoms with E-state index in [1.807, 2.05) is 13.8 Å². The number of alkyl carbamates (subject to hydrolysis) is 1. The fourth-order valence-electron chi connectivity index (χ4n) is 2.67. The van der Waals surface area contributed by atoms with E-state index in [1.165, 1.54) is 12.1 Å². The van der Waals surface area contributed by atoms with E-state index in [0.29, 0.717) is 17.4 Å². The largest absolute Gasteiger partial charge is 0.444 e. The Bertz CT molecular complexity index is 976. The van der Waals surface area contributed by atoms with Crippen LogP contribution in [0.15, 0.2) is 27.4 Å². The van der Waals surface area contributed by atoms with Crippen LogP contribution in [0.1, 0.15) is 46.6 Å². The molecule has 0 unspecified atom stereocenters. The van der Waals surface area contributed by atoms with Crippen molar-refractivity contribution >= 4 is 34.6 Å². The zero-order chi connectivity index (χ0) is 21.9. The number of carbonyl (C=O) groups is 2. The Morgan fingerprint density at radius 2 is 1.90 bits per heavy atom. The Morgan fingerprint density at radius 1 is 1.24 bits per heavy atom. The normalized spacial score (nSPS) is 13.6. The van der Waals surface area contributed by atoms with Gasteiger partial charge in [-0.2, -0.15) is 0 Å². The maximum absolute atomic E-state index is 12.8. The van der Waals surface area contributed by atoms with Gasteiger partial charge in [-0.1, -0.05) is 31.9 Å². The van der Waals surface area contributed by atoms with Crippen molar-refractivity contribution in [1.82, 2.24) is 5.32 Å². The van der Waals surface area contributed by atoms with E-state index in [9.17, 15) is 14.4 Å².